The smallest absolute Gasteiger partial charge is 0.140 e. The van der Waals surface area contributed by atoms with Crippen LogP contribution in [0.25, 0.3) is 0 Å². The molecule has 3 heteroatoms. The Kier molecular flexibility index (Phi) is 2.56. The second-order valence-corrected chi connectivity index (χ2v) is 5.09. The standard InChI is InChI=1S/C10H8Br2O/c11-7-3-6(4-8(12)5-7)9-1-2-10(9)13/h3-5,9H,1-2H2. The van der Waals surface area contributed by atoms with Crippen molar-refractivity contribution in [3.63, 3.8) is 0 Å². The van der Waals surface area contributed by atoms with Gasteiger partial charge in [0, 0.05) is 21.3 Å². The van der Waals surface area contributed by atoms with Gasteiger partial charge in [0.15, 0.2) is 0 Å². The predicted octanol–water partition coefficient (Wildman–Crippen LogP) is 3.66. The van der Waals surface area contributed by atoms with Gasteiger partial charge >= 0.3 is 0 Å². The van der Waals surface area contributed by atoms with Gasteiger partial charge in [-0.3, -0.25) is 4.79 Å². The van der Waals surface area contributed by atoms with E-state index in [0.717, 1.165) is 27.4 Å². The average Bonchev–Trinajstić information content (AvgIpc) is 1.99. The Morgan fingerprint density at radius 1 is 1.15 bits per heavy atom. The first-order chi connectivity index (χ1) is 6.16. The Balaban J connectivity index is 2.34. The summed E-state index contributed by atoms with van der Waals surface area (Å²) in [7, 11) is 0. The first-order valence-electron chi connectivity index (χ1n) is 4.15. The van der Waals surface area contributed by atoms with Gasteiger partial charge < -0.3 is 0 Å². The third-order valence-corrected chi connectivity index (χ3v) is 3.27. The first kappa shape index (κ1) is 9.41. The predicted molar refractivity (Wildman–Crippen MR) is 58.8 cm³/mol. The topological polar surface area (TPSA) is 17.1 Å². The van der Waals surface area contributed by atoms with Crippen molar-refractivity contribution in [1.82, 2.24) is 0 Å². The summed E-state index contributed by atoms with van der Waals surface area (Å²) in [4.78, 5) is 11.2. The number of ketones is 1. The Labute approximate surface area is 93.8 Å². The Bertz CT molecular complexity index is 340. The summed E-state index contributed by atoms with van der Waals surface area (Å²) in [6, 6.07) is 6.02. The van der Waals surface area contributed by atoms with Crippen molar-refractivity contribution in [2.45, 2.75) is 18.8 Å². The molecule has 0 amide bonds. The van der Waals surface area contributed by atoms with E-state index in [-0.39, 0.29) is 5.92 Å². The molecule has 0 spiro atoms. The number of hydrogen-bond donors (Lipinski definition) is 0. The fourth-order valence-corrected chi connectivity index (χ4v) is 2.86. The van der Waals surface area contributed by atoms with E-state index in [2.05, 4.69) is 31.9 Å². The van der Waals surface area contributed by atoms with E-state index in [1.54, 1.807) is 0 Å². The van der Waals surface area contributed by atoms with E-state index in [1.807, 2.05) is 18.2 Å². The van der Waals surface area contributed by atoms with Crippen molar-refractivity contribution in [1.29, 1.82) is 0 Å². The van der Waals surface area contributed by atoms with Crippen molar-refractivity contribution >= 4 is 37.6 Å². The van der Waals surface area contributed by atoms with Crippen molar-refractivity contribution in [3.8, 4) is 0 Å². The molecule has 1 fully saturated rings. The zero-order valence-corrected chi connectivity index (χ0v) is 10.1. The maximum Gasteiger partial charge on any atom is 0.140 e. The van der Waals surface area contributed by atoms with E-state index in [0.29, 0.717) is 5.78 Å². The van der Waals surface area contributed by atoms with E-state index >= 15 is 0 Å². The highest BCUT2D eigenvalue weighted by atomic mass is 79.9. The zero-order chi connectivity index (χ0) is 9.42. The lowest BCUT2D eigenvalue weighted by Gasteiger charge is -2.24. The summed E-state index contributed by atoms with van der Waals surface area (Å²) in [5.41, 5.74) is 1.12. The van der Waals surface area contributed by atoms with Crippen LogP contribution in [0.2, 0.25) is 0 Å². The molecule has 0 aliphatic heterocycles. The summed E-state index contributed by atoms with van der Waals surface area (Å²) < 4.78 is 2.05. The molecule has 2 rings (SSSR count). The molecule has 1 atom stereocenters. The second kappa shape index (κ2) is 3.54. The van der Waals surface area contributed by atoms with Crippen LogP contribution in [0.5, 0.6) is 0 Å². The summed E-state index contributed by atoms with van der Waals surface area (Å²) in [6.45, 7) is 0. The van der Waals surface area contributed by atoms with Gasteiger partial charge in [0.25, 0.3) is 0 Å². The molecule has 1 aromatic carbocycles. The van der Waals surface area contributed by atoms with Gasteiger partial charge in [0.2, 0.25) is 0 Å². The molecule has 1 aliphatic carbocycles. The third kappa shape index (κ3) is 1.86. The lowest BCUT2D eigenvalue weighted by molar-refractivity contribution is -0.125. The molecule has 1 aliphatic rings. The van der Waals surface area contributed by atoms with E-state index < -0.39 is 0 Å². The minimum absolute atomic E-state index is 0.147. The number of halogens is 2. The quantitative estimate of drug-likeness (QED) is 0.774. The highest BCUT2D eigenvalue weighted by Crippen LogP contribution is 2.35. The van der Waals surface area contributed by atoms with Gasteiger partial charge in [-0.15, -0.1) is 0 Å². The Morgan fingerprint density at radius 2 is 1.77 bits per heavy atom. The summed E-state index contributed by atoms with van der Waals surface area (Å²) >= 11 is 6.83. The van der Waals surface area contributed by atoms with Gasteiger partial charge in [-0.05, 0) is 30.2 Å². The van der Waals surface area contributed by atoms with E-state index in [1.165, 1.54) is 0 Å². The van der Waals surface area contributed by atoms with Crippen LogP contribution in [-0.4, -0.2) is 5.78 Å². The largest absolute Gasteiger partial charge is 0.299 e. The Morgan fingerprint density at radius 3 is 2.15 bits per heavy atom. The van der Waals surface area contributed by atoms with Crippen LogP contribution in [0.4, 0.5) is 0 Å². The normalized spacial score (nSPS) is 21.4. The number of Topliss-reactive ketones (excluding diaryl/α,β-unsaturated/α-hetero) is 1. The highest BCUT2D eigenvalue weighted by molar-refractivity contribution is 9.11. The molecule has 1 saturated carbocycles. The van der Waals surface area contributed by atoms with Gasteiger partial charge in [0.05, 0.1) is 0 Å². The van der Waals surface area contributed by atoms with Crippen molar-refractivity contribution in [3.05, 3.63) is 32.7 Å². The van der Waals surface area contributed by atoms with Gasteiger partial charge in [0.1, 0.15) is 5.78 Å². The lowest BCUT2D eigenvalue weighted by Crippen LogP contribution is -2.23. The molecule has 0 bridgehead atoms. The van der Waals surface area contributed by atoms with Crippen LogP contribution in [0.3, 0.4) is 0 Å². The molecule has 68 valence electrons. The van der Waals surface area contributed by atoms with Gasteiger partial charge in [-0.2, -0.15) is 0 Å². The minimum atomic E-state index is 0.147. The number of rotatable bonds is 1. The van der Waals surface area contributed by atoms with Crippen LogP contribution in [-0.2, 0) is 4.79 Å². The molecule has 1 aromatic rings. The summed E-state index contributed by atoms with van der Waals surface area (Å²) in [5, 5.41) is 0. The molecule has 1 nitrogen and oxygen atoms in total. The minimum Gasteiger partial charge on any atom is -0.299 e. The van der Waals surface area contributed by atoms with Crippen molar-refractivity contribution in [2.24, 2.45) is 0 Å². The number of benzene rings is 1. The average molecular weight is 304 g/mol. The summed E-state index contributed by atoms with van der Waals surface area (Å²) in [5.74, 6) is 0.513. The molecule has 0 aromatic heterocycles. The molecule has 0 heterocycles. The molecule has 13 heavy (non-hydrogen) atoms. The fraction of sp³-hybridized carbons (Fsp3) is 0.300. The van der Waals surface area contributed by atoms with Crippen LogP contribution in [0.15, 0.2) is 27.1 Å². The van der Waals surface area contributed by atoms with E-state index in [4.69, 9.17) is 0 Å². The molecule has 0 radical (unpaired) electrons. The van der Waals surface area contributed by atoms with Gasteiger partial charge in [-0.1, -0.05) is 31.9 Å². The van der Waals surface area contributed by atoms with Crippen LogP contribution < -0.4 is 0 Å². The number of carbonyl (C=O) groups is 1. The maximum absolute atomic E-state index is 11.2. The fourth-order valence-electron chi connectivity index (χ4n) is 1.54. The molecular formula is C10H8Br2O. The van der Waals surface area contributed by atoms with E-state index in [9.17, 15) is 4.79 Å². The highest BCUT2D eigenvalue weighted by Gasteiger charge is 2.29. The molecular weight excluding hydrogens is 296 g/mol. The van der Waals surface area contributed by atoms with Crippen molar-refractivity contribution < 1.29 is 4.79 Å². The van der Waals surface area contributed by atoms with Gasteiger partial charge in [-0.25, -0.2) is 0 Å². The summed E-state index contributed by atoms with van der Waals surface area (Å²) in [6.07, 6.45) is 1.75. The van der Waals surface area contributed by atoms with Crippen LogP contribution >= 0.6 is 31.9 Å². The van der Waals surface area contributed by atoms with Crippen molar-refractivity contribution in [2.75, 3.05) is 0 Å². The monoisotopic (exact) mass is 302 g/mol. The second-order valence-electron chi connectivity index (χ2n) is 3.26. The first-order valence-corrected chi connectivity index (χ1v) is 5.74. The lowest BCUT2D eigenvalue weighted by atomic mass is 9.79. The SMILES string of the molecule is O=C1CCC1c1cc(Br)cc(Br)c1. The Hall–Kier alpha value is -0.150. The third-order valence-electron chi connectivity index (χ3n) is 2.36. The van der Waals surface area contributed by atoms with Crippen LogP contribution in [0.1, 0.15) is 24.3 Å². The number of hydrogen-bond acceptors (Lipinski definition) is 1. The molecule has 0 saturated heterocycles. The molecule has 1 unspecified atom stereocenters. The molecule has 0 N–H and O–H groups in total. The van der Waals surface area contributed by atoms with Crippen LogP contribution in [0, 0.1) is 0 Å². The maximum atomic E-state index is 11.2. The number of carbonyl (C=O) groups excluding carboxylic acids is 1. The zero-order valence-electron chi connectivity index (χ0n) is 6.89.